The summed E-state index contributed by atoms with van der Waals surface area (Å²) >= 11 is 7.58. The van der Waals surface area contributed by atoms with Crippen LogP contribution in [0.4, 0.5) is 0 Å². The van der Waals surface area contributed by atoms with Gasteiger partial charge < -0.3 is 5.11 Å². The summed E-state index contributed by atoms with van der Waals surface area (Å²) in [4.78, 5) is 0. The van der Waals surface area contributed by atoms with Gasteiger partial charge in [0.2, 0.25) is 0 Å². The zero-order valence-corrected chi connectivity index (χ0v) is 9.11. The van der Waals surface area contributed by atoms with Crippen molar-refractivity contribution in [1.29, 1.82) is 5.26 Å². The molecule has 74 valence electrons. The minimum absolute atomic E-state index is 0.179. The van der Waals surface area contributed by atoms with Crippen LogP contribution in [0.1, 0.15) is 11.1 Å². The van der Waals surface area contributed by atoms with E-state index in [1.807, 2.05) is 12.1 Å². The zero-order valence-electron chi connectivity index (χ0n) is 7.53. The Kier molecular flexibility index (Phi) is 4.81. The lowest BCUT2D eigenvalue weighted by Crippen LogP contribution is -1.89. The summed E-state index contributed by atoms with van der Waals surface area (Å²) in [5.41, 5.74) is 1.58. The van der Waals surface area contributed by atoms with E-state index in [0.717, 1.165) is 11.3 Å². The van der Waals surface area contributed by atoms with Gasteiger partial charge in [-0.25, -0.2) is 0 Å². The Labute approximate surface area is 92.5 Å². The largest absolute Gasteiger partial charge is 0.396 e. The van der Waals surface area contributed by atoms with Gasteiger partial charge in [-0.15, -0.1) is 0 Å². The summed E-state index contributed by atoms with van der Waals surface area (Å²) in [5, 5.41) is 17.8. The number of nitriles is 1. The van der Waals surface area contributed by atoms with E-state index in [4.69, 9.17) is 22.0 Å². The second kappa shape index (κ2) is 5.92. The molecule has 1 rings (SSSR count). The highest BCUT2D eigenvalue weighted by Gasteiger charge is 2.01. The Morgan fingerprint density at radius 1 is 1.50 bits per heavy atom. The highest BCUT2D eigenvalue weighted by atomic mass is 35.5. The fourth-order valence-corrected chi connectivity index (χ4v) is 2.05. The number of nitrogens with zero attached hydrogens (tertiary/aromatic N) is 1. The topological polar surface area (TPSA) is 44.0 Å². The van der Waals surface area contributed by atoms with Crippen molar-refractivity contribution in [1.82, 2.24) is 0 Å². The molecule has 0 fully saturated rings. The normalized spacial score (nSPS) is 9.79. The molecule has 1 N–H and O–H groups in total. The molecule has 0 aliphatic carbocycles. The fourth-order valence-electron chi connectivity index (χ4n) is 0.981. The molecule has 0 radical (unpaired) electrons. The lowest BCUT2D eigenvalue weighted by molar-refractivity contribution is 0.322. The van der Waals surface area contributed by atoms with E-state index in [1.165, 1.54) is 0 Å². The van der Waals surface area contributed by atoms with Crippen LogP contribution in [-0.4, -0.2) is 17.5 Å². The molecule has 0 unspecified atom stereocenters. The van der Waals surface area contributed by atoms with E-state index < -0.39 is 0 Å². The molecule has 0 heterocycles. The third kappa shape index (κ3) is 3.22. The van der Waals surface area contributed by atoms with Crippen molar-refractivity contribution in [2.75, 3.05) is 12.4 Å². The van der Waals surface area contributed by atoms with Crippen molar-refractivity contribution in [3.63, 3.8) is 0 Å². The van der Waals surface area contributed by atoms with Gasteiger partial charge in [0, 0.05) is 16.5 Å². The Hall–Kier alpha value is -0.690. The molecule has 1 aromatic rings. The summed E-state index contributed by atoms with van der Waals surface area (Å²) in [6, 6.07) is 7.30. The number of rotatable bonds is 4. The average Bonchev–Trinajstić information content (AvgIpc) is 2.20. The SMILES string of the molecule is N#Cc1ccc(CSCCO)c(Cl)c1. The summed E-state index contributed by atoms with van der Waals surface area (Å²) in [6.45, 7) is 0.179. The first-order valence-corrected chi connectivity index (χ1v) is 5.68. The smallest absolute Gasteiger partial charge is 0.0992 e. The highest BCUT2D eigenvalue weighted by Crippen LogP contribution is 2.22. The third-order valence-corrected chi connectivity index (χ3v) is 3.01. The van der Waals surface area contributed by atoms with Crippen molar-refractivity contribution in [3.05, 3.63) is 34.3 Å². The summed E-state index contributed by atoms with van der Waals surface area (Å²) < 4.78 is 0. The summed E-state index contributed by atoms with van der Waals surface area (Å²) in [5.74, 6) is 1.47. The van der Waals surface area contributed by atoms with Crippen molar-refractivity contribution >= 4 is 23.4 Å². The van der Waals surface area contributed by atoms with Gasteiger partial charge in [-0.1, -0.05) is 17.7 Å². The molecule has 0 amide bonds. The number of halogens is 1. The van der Waals surface area contributed by atoms with Crippen molar-refractivity contribution in [2.24, 2.45) is 0 Å². The van der Waals surface area contributed by atoms with Crippen LogP contribution in [0.15, 0.2) is 18.2 Å². The molecular formula is C10H10ClNOS. The molecule has 0 aliphatic heterocycles. The van der Waals surface area contributed by atoms with Gasteiger partial charge in [0.1, 0.15) is 0 Å². The number of aliphatic hydroxyl groups is 1. The molecule has 0 saturated carbocycles. The first-order valence-electron chi connectivity index (χ1n) is 4.15. The van der Waals surface area contributed by atoms with E-state index in [-0.39, 0.29) is 6.61 Å². The molecule has 0 saturated heterocycles. The second-order valence-corrected chi connectivity index (χ2v) is 4.21. The average molecular weight is 228 g/mol. The van der Waals surface area contributed by atoms with Crippen LogP contribution in [0.25, 0.3) is 0 Å². The number of benzene rings is 1. The van der Waals surface area contributed by atoms with Crippen LogP contribution in [0, 0.1) is 11.3 Å². The van der Waals surface area contributed by atoms with Crippen molar-refractivity contribution in [2.45, 2.75) is 5.75 Å². The predicted octanol–water partition coefficient (Wildman–Crippen LogP) is 2.44. The monoisotopic (exact) mass is 227 g/mol. The minimum Gasteiger partial charge on any atom is -0.396 e. The van der Waals surface area contributed by atoms with Crippen LogP contribution in [-0.2, 0) is 5.75 Å². The molecule has 0 bridgehead atoms. The Morgan fingerprint density at radius 2 is 2.29 bits per heavy atom. The molecular weight excluding hydrogens is 218 g/mol. The van der Waals surface area contributed by atoms with Crippen LogP contribution in [0.2, 0.25) is 5.02 Å². The van der Waals surface area contributed by atoms with Gasteiger partial charge in [-0.05, 0) is 17.7 Å². The first kappa shape index (κ1) is 11.4. The molecule has 0 aliphatic rings. The van der Waals surface area contributed by atoms with Gasteiger partial charge in [0.25, 0.3) is 0 Å². The Morgan fingerprint density at radius 3 is 2.86 bits per heavy atom. The minimum atomic E-state index is 0.179. The number of aliphatic hydroxyl groups excluding tert-OH is 1. The van der Waals surface area contributed by atoms with E-state index >= 15 is 0 Å². The maximum Gasteiger partial charge on any atom is 0.0992 e. The molecule has 14 heavy (non-hydrogen) atoms. The van der Waals surface area contributed by atoms with Gasteiger partial charge in [0.15, 0.2) is 0 Å². The van der Waals surface area contributed by atoms with Gasteiger partial charge in [-0.3, -0.25) is 0 Å². The quantitative estimate of drug-likeness (QED) is 0.804. The molecule has 4 heteroatoms. The maximum atomic E-state index is 8.62. The second-order valence-electron chi connectivity index (χ2n) is 2.69. The highest BCUT2D eigenvalue weighted by molar-refractivity contribution is 7.98. The lowest BCUT2D eigenvalue weighted by atomic mass is 10.2. The molecule has 0 aromatic heterocycles. The number of thioether (sulfide) groups is 1. The van der Waals surface area contributed by atoms with E-state index in [2.05, 4.69) is 0 Å². The first-order chi connectivity index (χ1) is 6.77. The fraction of sp³-hybridized carbons (Fsp3) is 0.300. The van der Waals surface area contributed by atoms with Crippen LogP contribution in [0.3, 0.4) is 0 Å². The summed E-state index contributed by atoms with van der Waals surface area (Å²) in [7, 11) is 0. The van der Waals surface area contributed by atoms with Crippen LogP contribution in [0.5, 0.6) is 0 Å². The van der Waals surface area contributed by atoms with Gasteiger partial charge in [0.05, 0.1) is 18.2 Å². The van der Waals surface area contributed by atoms with Crippen LogP contribution >= 0.6 is 23.4 Å². The zero-order chi connectivity index (χ0) is 10.4. The van der Waals surface area contributed by atoms with Gasteiger partial charge >= 0.3 is 0 Å². The third-order valence-electron chi connectivity index (χ3n) is 1.68. The molecule has 2 nitrogen and oxygen atoms in total. The van der Waals surface area contributed by atoms with Crippen molar-refractivity contribution < 1.29 is 5.11 Å². The Bertz CT molecular complexity index is 348. The lowest BCUT2D eigenvalue weighted by Gasteiger charge is -2.03. The standard InChI is InChI=1S/C10H10ClNOS/c11-10-5-8(6-12)1-2-9(10)7-14-4-3-13/h1-2,5,13H,3-4,7H2. The number of hydrogen-bond donors (Lipinski definition) is 1. The van der Waals surface area contributed by atoms with Gasteiger partial charge in [-0.2, -0.15) is 17.0 Å². The maximum absolute atomic E-state index is 8.62. The number of hydrogen-bond acceptors (Lipinski definition) is 3. The van der Waals surface area contributed by atoms with Crippen LogP contribution < -0.4 is 0 Å². The van der Waals surface area contributed by atoms with E-state index in [0.29, 0.717) is 16.3 Å². The predicted molar refractivity (Wildman–Crippen MR) is 59.4 cm³/mol. The van der Waals surface area contributed by atoms with E-state index in [1.54, 1.807) is 23.9 Å². The Balaban J connectivity index is 2.65. The van der Waals surface area contributed by atoms with E-state index in [9.17, 15) is 0 Å². The summed E-state index contributed by atoms with van der Waals surface area (Å²) in [6.07, 6.45) is 0. The molecule has 0 atom stereocenters. The molecule has 0 spiro atoms. The molecule has 1 aromatic carbocycles. The van der Waals surface area contributed by atoms with Crippen molar-refractivity contribution in [3.8, 4) is 6.07 Å².